The SMILES string of the molecule is NCCC(NC(=O)c1cc(Br)c(-c2ccnc3[nH]ccc23)s1)c1ccccc1.NCCC(NC(=O)c1cc(Br)c(-c2ccnc3[nH]ccc23)s1)c1ccccc1.O=C(O)C(F)(F)F.O=C(O)C(F)(F)F. The first kappa shape index (κ1) is 54.5. The topological polar surface area (TPSA) is 242 Å². The molecule has 6 aromatic heterocycles. The van der Waals surface area contributed by atoms with E-state index in [2.05, 4.69) is 62.4 Å². The Kier molecular flexibility index (Phi) is 19.4. The average molecular weight is 1140 g/mol. The van der Waals surface area contributed by atoms with Crippen LogP contribution in [0.2, 0.25) is 0 Å². The summed E-state index contributed by atoms with van der Waals surface area (Å²) >= 11 is 10.2. The Morgan fingerprint density at radius 2 is 0.943 bits per heavy atom. The smallest absolute Gasteiger partial charge is 0.475 e. The van der Waals surface area contributed by atoms with Crippen LogP contribution in [0, 0.1) is 0 Å². The number of hydrogen-bond donors (Lipinski definition) is 8. The van der Waals surface area contributed by atoms with Crippen LogP contribution in [0.15, 0.2) is 131 Å². The third kappa shape index (κ3) is 14.8. The van der Waals surface area contributed by atoms with Crippen molar-refractivity contribution in [3.63, 3.8) is 0 Å². The van der Waals surface area contributed by atoms with Gasteiger partial charge >= 0.3 is 24.3 Å². The Labute approximate surface area is 418 Å². The first-order chi connectivity index (χ1) is 33.2. The van der Waals surface area contributed by atoms with Crippen molar-refractivity contribution in [1.82, 2.24) is 30.6 Å². The maximum absolute atomic E-state index is 12.9. The molecular formula is C46H40Br2F6N8O6S2. The van der Waals surface area contributed by atoms with Gasteiger partial charge in [-0.05, 0) is 105 Å². The highest BCUT2D eigenvalue weighted by molar-refractivity contribution is 9.11. The van der Waals surface area contributed by atoms with Gasteiger partial charge in [0.15, 0.2) is 0 Å². The number of thiophene rings is 2. The van der Waals surface area contributed by atoms with Gasteiger partial charge in [0.05, 0.1) is 31.6 Å². The number of fused-ring (bicyclic) bond motifs is 2. The number of halogens is 8. The van der Waals surface area contributed by atoms with Crippen LogP contribution in [0.1, 0.15) is 55.4 Å². The Balaban J connectivity index is 0.000000206. The van der Waals surface area contributed by atoms with Crippen molar-refractivity contribution in [2.75, 3.05) is 13.1 Å². The van der Waals surface area contributed by atoms with E-state index in [1.807, 2.05) is 109 Å². The number of alkyl halides is 6. The molecule has 0 aliphatic heterocycles. The van der Waals surface area contributed by atoms with Gasteiger partial charge in [-0.3, -0.25) is 9.59 Å². The van der Waals surface area contributed by atoms with Gasteiger partial charge in [0.25, 0.3) is 11.8 Å². The number of H-pyrrole nitrogens is 2. The maximum atomic E-state index is 12.9. The molecule has 2 amide bonds. The minimum atomic E-state index is -5.08. The quantitative estimate of drug-likeness (QED) is 0.0538. The number of hydrogen-bond acceptors (Lipinski definition) is 10. The fourth-order valence-electron chi connectivity index (χ4n) is 6.45. The molecule has 2 atom stereocenters. The van der Waals surface area contributed by atoms with Crippen LogP contribution in [0.25, 0.3) is 42.9 Å². The molecule has 8 aromatic rings. The molecule has 0 saturated heterocycles. The lowest BCUT2D eigenvalue weighted by molar-refractivity contribution is -0.193. The minimum absolute atomic E-state index is 0.0985. The molecule has 2 unspecified atom stereocenters. The number of pyridine rings is 2. The highest BCUT2D eigenvalue weighted by atomic mass is 79.9. The van der Waals surface area contributed by atoms with Gasteiger partial charge in [0.1, 0.15) is 11.3 Å². The fourth-order valence-corrected chi connectivity index (χ4v) is 10.1. The van der Waals surface area contributed by atoms with Gasteiger partial charge < -0.3 is 42.3 Å². The van der Waals surface area contributed by atoms with E-state index in [0.717, 1.165) is 63.0 Å². The number of nitrogens with zero attached hydrogens (tertiary/aromatic N) is 2. The van der Waals surface area contributed by atoms with Crippen LogP contribution in [-0.2, 0) is 9.59 Å². The molecule has 0 aliphatic carbocycles. The zero-order valence-electron chi connectivity index (χ0n) is 35.9. The lowest BCUT2D eigenvalue weighted by atomic mass is 10.0. The summed E-state index contributed by atoms with van der Waals surface area (Å²) in [7, 11) is 0. The van der Waals surface area contributed by atoms with Gasteiger partial charge in [-0.15, -0.1) is 22.7 Å². The molecule has 2 aromatic carbocycles. The average Bonchev–Trinajstić information content (AvgIpc) is 4.16. The third-order valence-electron chi connectivity index (χ3n) is 9.64. The van der Waals surface area contributed by atoms with Crippen LogP contribution in [0.3, 0.4) is 0 Å². The molecule has 70 heavy (non-hydrogen) atoms. The Morgan fingerprint density at radius 1 is 0.600 bits per heavy atom. The van der Waals surface area contributed by atoms with E-state index < -0.39 is 24.3 Å². The molecule has 24 heteroatoms. The lowest BCUT2D eigenvalue weighted by Crippen LogP contribution is -2.29. The number of aliphatic carboxylic acids is 2. The van der Waals surface area contributed by atoms with E-state index in [0.29, 0.717) is 35.7 Å². The summed E-state index contributed by atoms with van der Waals surface area (Å²) in [5.74, 6) is -5.71. The number of carbonyl (C=O) groups excluding carboxylic acids is 2. The number of benzene rings is 2. The van der Waals surface area contributed by atoms with Crippen molar-refractivity contribution in [3.8, 4) is 20.9 Å². The number of nitrogens with two attached hydrogens (primary N) is 2. The molecule has 0 aliphatic rings. The van der Waals surface area contributed by atoms with Crippen LogP contribution in [0.5, 0.6) is 0 Å². The van der Waals surface area contributed by atoms with Crippen LogP contribution < -0.4 is 22.1 Å². The van der Waals surface area contributed by atoms with E-state index in [4.69, 9.17) is 31.3 Å². The number of carbonyl (C=O) groups is 4. The summed E-state index contributed by atoms with van der Waals surface area (Å²) in [5.41, 5.74) is 17.4. The number of rotatable bonds is 12. The first-order valence-corrected chi connectivity index (χ1v) is 23.6. The molecule has 0 saturated carbocycles. The number of aromatic amines is 2. The lowest BCUT2D eigenvalue weighted by Gasteiger charge is -2.18. The van der Waals surface area contributed by atoms with Gasteiger partial charge in [-0.1, -0.05) is 60.7 Å². The summed E-state index contributed by atoms with van der Waals surface area (Å²) in [6, 6.07) is 31.3. The van der Waals surface area contributed by atoms with Gasteiger partial charge in [0.2, 0.25) is 0 Å². The zero-order valence-corrected chi connectivity index (χ0v) is 40.8. The van der Waals surface area contributed by atoms with Crippen molar-refractivity contribution in [2.45, 2.75) is 37.3 Å². The summed E-state index contributed by atoms with van der Waals surface area (Å²) < 4.78 is 65.3. The van der Waals surface area contributed by atoms with Crippen LogP contribution in [-0.4, -0.2) is 79.3 Å². The molecule has 14 nitrogen and oxygen atoms in total. The molecule has 368 valence electrons. The number of carboxylic acids is 2. The molecule has 0 bridgehead atoms. The van der Waals surface area contributed by atoms with Crippen molar-refractivity contribution in [3.05, 3.63) is 152 Å². The third-order valence-corrected chi connectivity index (χ3v) is 13.8. The van der Waals surface area contributed by atoms with E-state index in [1.165, 1.54) is 22.7 Å². The molecule has 10 N–H and O–H groups in total. The minimum Gasteiger partial charge on any atom is -0.475 e. The first-order valence-electron chi connectivity index (χ1n) is 20.4. The van der Waals surface area contributed by atoms with Crippen molar-refractivity contribution in [1.29, 1.82) is 0 Å². The Hall–Kier alpha value is -6.44. The van der Waals surface area contributed by atoms with Gasteiger partial charge in [-0.25, -0.2) is 19.6 Å². The molecule has 0 fully saturated rings. The van der Waals surface area contributed by atoms with Crippen molar-refractivity contribution >= 4 is 100 Å². The van der Waals surface area contributed by atoms with E-state index in [1.54, 1.807) is 12.4 Å². The van der Waals surface area contributed by atoms with E-state index in [9.17, 15) is 35.9 Å². The number of nitrogens with one attached hydrogen (secondary N) is 4. The Morgan fingerprint density at radius 3 is 1.26 bits per heavy atom. The van der Waals surface area contributed by atoms with E-state index in [-0.39, 0.29) is 23.9 Å². The fraction of sp³-hybridized carbons (Fsp3) is 0.174. The summed E-state index contributed by atoms with van der Waals surface area (Å²) in [4.78, 5) is 61.9. The second-order valence-electron chi connectivity index (χ2n) is 14.4. The Bertz CT molecular complexity index is 2820. The van der Waals surface area contributed by atoms with Crippen LogP contribution in [0.4, 0.5) is 26.3 Å². The van der Waals surface area contributed by atoms with Crippen molar-refractivity contribution < 1.29 is 55.7 Å². The second kappa shape index (κ2) is 24.9. The maximum Gasteiger partial charge on any atom is 0.490 e. The standard InChI is InChI=1S/2C21H19BrN4OS.2C2HF3O2/c2*22-16-12-18(21(27)26-17(6-9-23)13-4-2-1-3-5-13)28-19(16)14-7-10-24-20-15(14)8-11-25-20;2*3-2(4,5)1(6)7/h2*1-5,7-8,10-12,17H,6,9,23H2,(H,24,25)(H,26,27);2*(H,6,7). The largest absolute Gasteiger partial charge is 0.490 e. The number of aromatic nitrogens is 4. The number of carboxylic acid groups (broad SMARTS) is 2. The van der Waals surface area contributed by atoms with Crippen LogP contribution >= 0.6 is 54.5 Å². The zero-order chi connectivity index (χ0) is 51.2. The molecule has 0 radical (unpaired) electrons. The highest BCUT2D eigenvalue weighted by Gasteiger charge is 2.39. The molecule has 6 heterocycles. The van der Waals surface area contributed by atoms with Gasteiger partial charge in [-0.2, -0.15) is 26.3 Å². The normalized spacial score (nSPS) is 12.0. The van der Waals surface area contributed by atoms with E-state index >= 15 is 0 Å². The highest BCUT2D eigenvalue weighted by Crippen LogP contribution is 2.41. The summed E-state index contributed by atoms with van der Waals surface area (Å²) in [6.45, 7) is 1.00. The second-order valence-corrected chi connectivity index (χ2v) is 18.2. The predicted octanol–water partition coefficient (Wildman–Crippen LogP) is 11.0. The van der Waals surface area contributed by atoms with Crippen molar-refractivity contribution in [2.24, 2.45) is 11.5 Å². The number of amides is 2. The molecule has 0 spiro atoms. The predicted molar refractivity (Wildman–Crippen MR) is 262 cm³/mol. The molecular weight excluding hydrogens is 1100 g/mol. The summed E-state index contributed by atoms with van der Waals surface area (Å²) in [6.07, 6.45) is -1.52. The van der Waals surface area contributed by atoms with Gasteiger partial charge in [0, 0.05) is 55.6 Å². The molecule has 8 rings (SSSR count). The monoisotopic (exact) mass is 1140 g/mol. The summed E-state index contributed by atoms with van der Waals surface area (Å²) in [5, 5.41) is 22.6.